The number of hydrogen-bond acceptors (Lipinski definition) is 6. The first kappa shape index (κ1) is 23.4. The largest absolute Gasteiger partial charge is 0.369 e. The highest BCUT2D eigenvalue weighted by Gasteiger charge is 2.58. The van der Waals surface area contributed by atoms with Crippen LogP contribution in [0.3, 0.4) is 0 Å². The summed E-state index contributed by atoms with van der Waals surface area (Å²) in [5.74, 6) is 0. The molecule has 0 aromatic heterocycles. The van der Waals surface area contributed by atoms with E-state index in [0.717, 1.165) is 0 Å². The van der Waals surface area contributed by atoms with Gasteiger partial charge in [-0.05, 0) is 25.1 Å². The summed E-state index contributed by atoms with van der Waals surface area (Å²) in [6.07, 6.45) is -0.856. The van der Waals surface area contributed by atoms with Gasteiger partial charge in [0, 0.05) is 6.42 Å². The molecule has 0 saturated carbocycles. The van der Waals surface area contributed by atoms with Gasteiger partial charge in [-0.2, -0.15) is 8.42 Å². The average Bonchev–Trinajstić information content (AvgIpc) is 2.43. The SMILES string of the molecule is NCCCC(O)(P(=O)(O)O)P(=O)(O)O.O=S(=O)(O)c1ccccc1. The third kappa shape index (κ3) is 6.69. The summed E-state index contributed by atoms with van der Waals surface area (Å²) in [6.45, 7) is -0.0394. The van der Waals surface area contributed by atoms with Crippen molar-refractivity contribution in [1.29, 1.82) is 0 Å². The molecule has 1 aromatic rings. The molecule has 14 heteroatoms. The van der Waals surface area contributed by atoms with Crippen LogP contribution in [0.2, 0.25) is 0 Å². The molecule has 0 unspecified atom stereocenters. The van der Waals surface area contributed by atoms with Crippen LogP contribution in [0.15, 0.2) is 35.2 Å². The summed E-state index contributed by atoms with van der Waals surface area (Å²) in [5.41, 5.74) is 5.01. The lowest BCUT2D eigenvalue weighted by atomic mass is 10.3. The van der Waals surface area contributed by atoms with Gasteiger partial charge in [-0.25, -0.2) is 0 Å². The fourth-order valence-corrected chi connectivity index (χ4v) is 4.15. The first-order valence-electron chi connectivity index (χ1n) is 6.23. The topological polar surface area (TPSA) is 216 Å². The fraction of sp³-hybridized carbons (Fsp3) is 0.400. The summed E-state index contributed by atoms with van der Waals surface area (Å²) in [6, 6.07) is 7.42. The van der Waals surface area contributed by atoms with E-state index in [1.54, 1.807) is 18.2 Å². The minimum Gasteiger partial charge on any atom is -0.368 e. The quantitative estimate of drug-likeness (QED) is 0.239. The van der Waals surface area contributed by atoms with Crippen LogP contribution in [0.4, 0.5) is 0 Å². The summed E-state index contributed by atoms with van der Waals surface area (Å²) >= 11 is 0. The van der Waals surface area contributed by atoms with E-state index in [1.165, 1.54) is 12.1 Å². The van der Waals surface area contributed by atoms with Crippen LogP contribution in [0.1, 0.15) is 12.8 Å². The van der Waals surface area contributed by atoms with E-state index in [1.807, 2.05) is 0 Å². The van der Waals surface area contributed by atoms with Gasteiger partial charge in [-0.15, -0.1) is 0 Å². The molecule has 11 nitrogen and oxygen atoms in total. The maximum absolute atomic E-state index is 10.7. The third-order valence-corrected chi connectivity index (χ3v) is 7.43. The smallest absolute Gasteiger partial charge is 0.368 e. The Kier molecular flexibility index (Phi) is 8.40. The molecule has 0 heterocycles. The highest BCUT2D eigenvalue weighted by atomic mass is 32.2. The zero-order valence-electron chi connectivity index (χ0n) is 12.2. The van der Waals surface area contributed by atoms with Gasteiger partial charge in [0.2, 0.25) is 0 Å². The van der Waals surface area contributed by atoms with Crippen LogP contribution in [-0.4, -0.2) is 49.3 Å². The Bertz CT molecular complexity index is 688. The fourth-order valence-electron chi connectivity index (χ4n) is 1.39. The van der Waals surface area contributed by atoms with E-state index in [4.69, 9.17) is 29.9 Å². The second kappa shape index (κ2) is 8.63. The molecule has 0 saturated heterocycles. The minimum atomic E-state index is -5.30. The van der Waals surface area contributed by atoms with Gasteiger partial charge in [-0.3, -0.25) is 13.7 Å². The van der Waals surface area contributed by atoms with E-state index < -0.39 is 36.8 Å². The Morgan fingerprint density at radius 1 is 1.00 bits per heavy atom. The van der Waals surface area contributed by atoms with Crippen LogP contribution < -0.4 is 5.73 Å². The summed E-state index contributed by atoms with van der Waals surface area (Å²) < 4.78 is 50.7. The van der Waals surface area contributed by atoms with Gasteiger partial charge in [0.1, 0.15) is 0 Å². The molecule has 0 amide bonds. The van der Waals surface area contributed by atoms with Crippen molar-refractivity contribution < 1.29 is 46.8 Å². The maximum Gasteiger partial charge on any atom is 0.369 e. The Morgan fingerprint density at radius 2 is 1.42 bits per heavy atom. The number of hydrogen-bond donors (Lipinski definition) is 7. The van der Waals surface area contributed by atoms with Gasteiger partial charge in [0.05, 0.1) is 4.90 Å². The number of rotatable bonds is 6. The van der Waals surface area contributed by atoms with E-state index >= 15 is 0 Å². The van der Waals surface area contributed by atoms with Gasteiger partial charge in [0.15, 0.2) is 0 Å². The van der Waals surface area contributed by atoms with Crippen molar-refractivity contribution in [2.75, 3.05) is 6.54 Å². The zero-order valence-corrected chi connectivity index (χ0v) is 14.8. The number of aliphatic hydroxyl groups is 1. The lowest BCUT2D eigenvalue weighted by Gasteiger charge is -2.28. The van der Waals surface area contributed by atoms with Crippen LogP contribution >= 0.6 is 15.2 Å². The minimum absolute atomic E-state index is 0.0394. The number of benzene rings is 1. The van der Waals surface area contributed by atoms with Crippen molar-refractivity contribution >= 4 is 25.3 Å². The first-order valence-corrected chi connectivity index (χ1v) is 10.9. The second-order valence-electron chi connectivity index (χ2n) is 4.54. The zero-order chi connectivity index (χ0) is 19.2. The Hall–Kier alpha value is -0.650. The van der Waals surface area contributed by atoms with E-state index in [2.05, 4.69) is 0 Å². The molecule has 8 N–H and O–H groups in total. The molecule has 0 radical (unpaired) electrons. The molecule has 0 aliphatic heterocycles. The molecule has 0 atom stereocenters. The van der Waals surface area contributed by atoms with Crippen molar-refractivity contribution in [2.45, 2.75) is 22.8 Å². The molecule has 0 aliphatic carbocycles. The lowest BCUT2D eigenvalue weighted by molar-refractivity contribution is 0.121. The van der Waals surface area contributed by atoms with Crippen LogP contribution in [0.25, 0.3) is 0 Å². The lowest BCUT2D eigenvalue weighted by Crippen LogP contribution is -2.29. The standard InChI is InChI=1S/C6H6O3S.C4H13NO7P2/c7-10(8,9)6-4-2-1-3-5-6;5-3-1-2-4(6,13(7,8)9)14(10,11)12/h1-5H,(H,7,8,9);6H,1-3,5H2,(H2,7,8,9)(H2,10,11,12). The van der Waals surface area contributed by atoms with Crippen molar-refractivity contribution in [3.63, 3.8) is 0 Å². The highest BCUT2D eigenvalue weighted by Crippen LogP contribution is 2.69. The van der Waals surface area contributed by atoms with Crippen LogP contribution in [0, 0.1) is 0 Å². The van der Waals surface area contributed by atoms with Gasteiger partial charge >= 0.3 is 15.2 Å². The van der Waals surface area contributed by atoms with Crippen molar-refractivity contribution in [2.24, 2.45) is 5.73 Å². The second-order valence-corrected chi connectivity index (χ2v) is 9.97. The molecular weight excluding hydrogens is 388 g/mol. The molecule has 0 spiro atoms. The Labute approximate surface area is 138 Å². The van der Waals surface area contributed by atoms with Crippen molar-refractivity contribution in [3.8, 4) is 0 Å². The predicted octanol–water partition coefficient (Wildman–Crippen LogP) is -0.340. The molecule has 0 bridgehead atoms. The predicted molar refractivity (Wildman–Crippen MR) is 83.6 cm³/mol. The Morgan fingerprint density at radius 3 is 1.67 bits per heavy atom. The number of nitrogens with two attached hydrogens (primary N) is 1. The van der Waals surface area contributed by atoms with Crippen LogP contribution in [0.5, 0.6) is 0 Å². The highest BCUT2D eigenvalue weighted by molar-refractivity contribution is 7.85. The average molecular weight is 407 g/mol. The molecule has 24 heavy (non-hydrogen) atoms. The summed E-state index contributed by atoms with van der Waals surface area (Å²) in [5, 5.41) is 5.91. The Balaban J connectivity index is 0.000000463. The van der Waals surface area contributed by atoms with Crippen molar-refractivity contribution in [1.82, 2.24) is 0 Å². The van der Waals surface area contributed by atoms with E-state index in [0.29, 0.717) is 0 Å². The summed E-state index contributed by atoms with van der Waals surface area (Å²) in [4.78, 5) is 34.4. The third-order valence-electron chi connectivity index (χ3n) is 2.69. The van der Waals surface area contributed by atoms with Gasteiger partial charge < -0.3 is 30.4 Å². The molecule has 140 valence electrons. The normalized spacial score (nSPS) is 13.1. The molecule has 0 aliphatic rings. The van der Waals surface area contributed by atoms with Crippen molar-refractivity contribution in [3.05, 3.63) is 30.3 Å². The molecule has 1 aromatic carbocycles. The maximum atomic E-state index is 10.7. The monoisotopic (exact) mass is 407 g/mol. The van der Waals surface area contributed by atoms with Gasteiger partial charge in [0.25, 0.3) is 15.2 Å². The van der Waals surface area contributed by atoms with Crippen LogP contribution in [-0.2, 0) is 19.2 Å². The van der Waals surface area contributed by atoms with E-state index in [9.17, 15) is 22.7 Å². The van der Waals surface area contributed by atoms with Gasteiger partial charge in [-0.1, -0.05) is 18.2 Å². The first-order chi connectivity index (χ1) is 10.7. The molecular formula is C10H19NO10P2S. The molecule has 0 fully saturated rings. The molecule has 1 rings (SSSR count). The summed E-state index contributed by atoms with van der Waals surface area (Å²) in [7, 11) is -14.6. The van der Waals surface area contributed by atoms with E-state index in [-0.39, 0.29) is 17.9 Å².